The van der Waals surface area contributed by atoms with E-state index in [1.165, 1.54) is 12.8 Å². The van der Waals surface area contributed by atoms with Crippen molar-refractivity contribution >= 4 is 11.8 Å². The first-order chi connectivity index (χ1) is 8.38. The highest BCUT2D eigenvalue weighted by molar-refractivity contribution is 5.88. The Hall–Kier alpha value is -1.58. The summed E-state index contributed by atoms with van der Waals surface area (Å²) in [6.45, 7) is 6.30. The number of aromatic carboxylic acids is 1. The molecule has 1 aromatic rings. The van der Waals surface area contributed by atoms with Crippen LogP contribution in [0.1, 0.15) is 49.2 Å². The molecule has 0 aliphatic heterocycles. The van der Waals surface area contributed by atoms with Crippen molar-refractivity contribution in [3.8, 4) is 0 Å². The normalized spacial score (nSPS) is 21.8. The molecular weight excluding hydrogens is 228 g/mol. The third-order valence-electron chi connectivity index (χ3n) is 3.78. The fourth-order valence-corrected chi connectivity index (χ4v) is 2.64. The molecule has 0 radical (unpaired) electrons. The number of carbonyl (C=O) groups is 1. The Morgan fingerprint density at radius 3 is 2.78 bits per heavy atom. The van der Waals surface area contributed by atoms with Crippen LogP contribution in [0.25, 0.3) is 0 Å². The Bertz CT molecular complexity index is 469. The van der Waals surface area contributed by atoms with Crippen LogP contribution in [-0.4, -0.2) is 22.1 Å². The van der Waals surface area contributed by atoms with E-state index >= 15 is 0 Å². The molecule has 1 atom stereocenters. The maximum absolute atomic E-state index is 11.0. The van der Waals surface area contributed by atoms with E-state index in [0.29, 0.717) is 17.4 Å². The summed E-state index contributed by atoms with van der Waals surface area (Å²) in [5.74, 6) is -0.235. The minimum absolute atomic E-state index is 0.245. The van der Waals surface area contributed by atoms with E-state index < -0.39 is 5.97 Å². The Labute approximate surface area is 107 Å². The SMILES string of the molecule is Cc1cc(C(=O)O)cc(NC2CCCC2(C)C)n1. The van der Waals surface area contributed by atoms with Gasteiger partial charge in [0.05, 0.1) is 5.56 Å². The second-order valence-corrected chi connectivity index (χ2v) is 5.77. The molecule has 0 bridgehead atoms. The highest BCUT2D eigenvalue weighted by Gasteiger charge is 2.34. The van der Waals surface area contributed by atoms with E-state index in [1.807, 2.05) is 6.92 Å². The first kappa shape index (κ1) is 12.9. The molecule has 0 aromatic carbocycles. The van der Waals surface area contributed by atoms with Crippen molar-refractivity contribution < 1.29 is 9.90 Å². The molecule has 0 saturated heterocycles. The van der Waals surface area contributed by atoms with E-state index in [0.717, 1.165) is 12.1 Å². The standard InChI is InChI=1S/C14H20N2O2/c1-9-7-10(13(17)18)8-12(15-9)16-11-5-4-6-14(11,2)3/h7-8,11H,4-6H2,1-3H3,(H,15,16)(H,17,18). The summed E-state index contributed by atoms with van der Waals surface area (Å²) in [5, 5.41) is 12.4. The third kappa shape index (κ3) is 2.63. The molecule has 1 unspecified atom stereocenters. The summed E-state index contributed by atoms with van der Waals surface area (Å²) in [5.41, 5.74) is 1.27. The van der Waals surface area contributed by atoms with E-state index in [-0.39, 0.29) is 5.41 Å². The Balaban J connectivity index is 2.21. The van der Waals surface area contributed by atoms with Crippen molar-refractivity contribution in [2.75, 3.05) is 5.32 Å². The molecule has 18 heavy (non-hydrogen) atoms. The number of anilines is 1. The zero-order chi connectivity index (χ0) is 13.3. The maximum atomic E-state index is 11.0. The number of aromatic nitrogens is 1. The first-order valence-corrected chi connectivity index (χ1v) is 6.37. The lowest BCUT2D eigenvalue weighted by molar-refractivity contribution is 0.0696. The van der Waals surface area contributed by atoms with Crippen LogP contribution in [0.4, 0.5) is 5.82 Å². The third-order valence-corrected chi connectivity index (χ3v) is 3.78. The topological polar surface area (TPSA) is 62.2 Å². The van der Waals surface area contributed by atoms with Gasteiger partial charge >= 0.3 is 5.97 Å². The number of hydrogen-bond acceptors (Lipinski definition) is 3. The molecule has 0 spiro atoms. The molecule has 1 saturated carbocycles. The molecule has 2 N–H and O–H groups in total. The van der Waals surface area contributed by atoms with Gasteiger partial charge in [-0.15, -0.1) is 0 Å². The largest absolute Gasteiger partial charge is 0.478 e. The molecule has 4 nitrogen and oxygen atoms in total. The van der Waals surface area contributed by atoms with Crippen molar-refractivity contribution in [2.45, 2.75) is 46.1 Å². The summed E-state index contributed by atoms with van der Waals surface area (Å²) < 4.78 is 0. The number of nitrogens with one attached hydrogen (secondary N) is 1. The van der Waals surface area contributed by atoms with Crippen molar-refractivity contribution in [3.63, 3.8) is 0 Å². The van der Waals surface area contributed by atoms with Crippen LogP contribution in [-0.2, 0) is 0 Å². The Morgan fingerprint density at radius 1 is 1.50 bits per heavy atom. The van der Waals surface area contributed by atoms with Gasteiger partial charge in [0.15, 0.2) is 0 Å². The van der Waals surface area contributed by atoms with Crippen LogP contribution in [0.5, 0.6) is 0 Å². The monoisotopic (exact) mass is 248 g/mol. The van der Waals surface area contributed by atoms with E-state index in [2.05, 4.69) is 24.1 Å². The lowest BCUT2D eigenvalue weighted by Crippen LogP contribution is -2.31. The summed E-state index contributed by atoms with van der Waals surface area (Å²) in [6.07, 6.45) is 3.52. The van der Waals surface area contributed by atoms with Gasteiger partial charge < -0.3 is 10.4 Å². The second kappa shape index (κ2) is 4.59. The van der Waals surface area contributed by atoms with Crippen molar-refractivity contribution in [1.29, 1.82) is 0 Å². The van der Waals surface area contributed by atoms with Crippen molar-refractivity contribution in [2.24, 2.45) is 5.41 Å². The molecule has 1 aliphatic carbocycles. The van der Waals surface area contributed by atoms with Gasteiger partial charge in [-0.2, -0.15) is 0 Å². The summed E-state index contributed by atoms with van der Waals surface area (Å²) >= 11 is 0. The summed E-state index contributed by atoms with van der Waals surface area (Å²) in [7, 11) is 0. The molecular formula is C14H20N2O2. The van der Waals surface area contributed by atoms with Gasteiger partial charge in [-0.25, -0.2) is 9.78 Å². The molecule has 1 aliphatic rings. The van der Waals surface area contributed by atoms with Crippen LogP contribution in [0.15, 0.2) is 12.1 Å². The quantitative estimate of drug-likeness (QED) is 0.863. The van der Waals surface area contributed by atoms with Gasteiger partial charge in [-0.05, 0) is 37.3 Å². The average molecular weight is 248 g/mol. The summed E-state index contributed by atoms with van der Waals surface area (Å²) in [4.78, 5) is 15.4. The fourth-order valence-electron chi connectivity index (χ4n) is 2.64. The minimum Gasteiger partial charge on any atom is -0.478 e. The number of rotatable bonds is 3. The van der Waals surface area contributed by atoms with Gasteiger partial charge in [0.25, 0.3) is 0 Å². The Morgan fingerprint density at radius 2 is 2.22 bits per heavy atom. The van der Waals surface area contributed by atoms with Gasteiger partial charge in [0, 0.05) is 11.7 Å². The highest BCUT2D eigenvalue weighted by atomic mass is 16.4. The molecule has 1 fully saturated rings. The lowest BCUT2D eigenvalue weighted by Gasteiger charge is -2.28. The molecule has 0 amide bonds. The smallest absolute Gasteiger partial charge is 0.335 e. The number of pyridine rings is 1. The van der Waals surface area contributed by atoms with E-state index in [9.17, 15) is 4.79 Å². The average Bonchev–Trinajstić information content (AvgIpc) is 2.57. The fraction of sp³-hybridized carbons (Fsp3) is 0.571. The molecule has 98 valence electrons. The van der Waals surface area contributed by atoms with Gasteiger partial charge in [-0.1, -0.05) is 20.3 Å². The second-order valence-electron chi connectivity index (χ2n) is 5.77. The zero-order valence-corrected chi connectivity index (χ0v) is 11.2. The number of aryl methyl sites for hydroxylation is 1. The zero-order valence-electron chi connectivity index (χ0n) is 11.2. The highest BCUT2D eigenvalue weighted by Crippen LogP contribution is 2.38. The minimum atomic E-state index is -0.908. The number of hydrogen-bond donors (Lipinski definition) is 2. The number of nitrogens with zero attached hydrogens (tertiary/aromatic N) is 1. The number of carboxylic acids is 1. The van der Waals surface area contributed by atoms with Crippen LogP contribution in [0.2, 0.25) is 0 Å². The Kier molecular flexibility index (Phi) is 3.28. The van der Waals surface area contributed by atoms with Gasteiger partial charge in [0.1, 0.15) is 5.82 Å². The molecule has 2 rings (SSSR count). The predicted molar refractivity (Wildman–Crippen MR) is 71.0 cm³/mol. The molecule has 4 heteroatoms. The van der Waals surface area contributed by atoms with Crippen LogP contribution in [0, 0.1) is 12.3 Å². The van der Waals surface area contributed by atoms with Crippen LogP contribution < -0.4 is 5.32 Å². The van der Waals surface area contributed by atoms with Crippen LogP contribution >= 0.6 is 0 Å². The van der Waals surface area contributed by atoms with Gasteiger partial charge in [0.2, 0.25) is 0 Å². The van der Waals surface area contributed by atoms with Gasteiger partial charge in [-0.3, -0.25) is 0 Å². The maximum Gasteiger partial charge on any atom is 0.335 e. The van der Waals surface area contributed by atoms with E-state index in [1.54, 1.807) is 12.1 Å². The number of carboxylic acid groups (broad SMARTS) is 1. The predicted octanol–water partition coefficient (Wildman–Crippen LogP) is 3.08. The van der Waals surface area contributed by atoms with Crippen LogP contribution in [0.3, 0.4) is 0 Å². The first-order valence-electron chi connectivity index (χ1n) is 6.37. The van der Waals surface area contributed by atoms with E-state index in [4.69, 9.17) is 5.11 Å². The lowest BCUT2D eigenvalue weighted by atomic mass is 9.87. The van der Waals surface area contributed by atoms with Crippen molar-refractivity contribution in [1.82, 2.24) is 4.98 Å². The molecule has 1 heterocycles. The van der Waals surface area contributed by atoms with Crippen molar-refractivity contribution in [3.05, 3.63) is 23.4 Å². The molecule has 1 aromatic heterocycles. The summed E-state index contributed by atoms with van der Waals surface area (Å²) in [6, 6.07) is 3.57.